The lowest BCUT2D eigenvalue weighted by molar-refractivity contribution is -0.0912. The molecule has 0 aliphatic heterocycles. The summed E-state index contributed by atoms with van der Waals surface area (Å²) in [4.78, 5) is 11.4. The maximum atomic E-state index is 13.7. The molecular formula is C22H20F4N4O2S. The molecule has 33 heavy (non-hydrogen) atoms. The van der Waals surface area contributed by atoms with E-state index < -0.39 is 27.5 Å². The Morgan fingerprint density at radius 2 is 1.94 bits per heavy atom. The first kappa shape index (κ1) is 24.3. The number of halogens is 4. The summed E-state index contributed by atoms with van der Waals surface area (Å²) < 4.78 is 80.2. The van der Waals surface area contributed by atoms with E-state index in [0.29, 0.717) is 16.8 Å². The molecule has 0 aliphatic rings. The van der Waals surface area contributed by atoms with E-state index in [1.165, 1.54) is 55.9 Å². The summed E-state index contributed by atoms with van der Waals surface area (Å²) >= 11 is 0. The number of sulfone groups is 1. The molecule has 0 aliphatic carbocycles. The van der Waals surface area contributed by atoms with Gasteiger partial charge in [-0.05, 0) is 43.5 Å². The molecule has 0 saturated carbocycles. The van der Waals surface area contributed by atoms with Gasteiger partial charge in [0.2, 0.25) is 0 Å². The number of hydrogen-bond donors (Lipinski definition) is 0. The topological polar surface area (TPSA) is 77.2 Å². The predicted molar refractivity (Wildman–Crippen MR) is 118 cm³/mol. The summed E-state index contributed by atoms with van der Waals surface area (Å²) in [7, 11) is -2.29. The minimum absolute atomic E-state index is 0.0256. The summed E-state index contributed by atoms with van der Waals surface area (Å²) in [5.41, 5.74) is -0.178. The van der Waals surface area contributed by atoms with Crippen molar-refractivity contribution >= 4 is 22.6 Å². The maximum Gasteiger partial charge on any atom is 0.433 e. The zero-order chi connectivity index (χ0) is 24.6. The Balaban J connectivity index is 2.25. The highest BCUT2D eigenvalue weighted by molar-refractivity contribution is 7.91. The van der Waals surface area contributed by atoms with Gasteiger partial charge in [0.05, 0.1) is 16.3 Å². The van der Waals surface area contributed by atoms with Crippen LogP contribution in [0.5, 0.6) is 0 Å². The van der Waals surface area contributed by atoms with E-state index in [-0.39, 0.29) is 27.9 Å². The molecule has 0 saturated heterocycles. The first-order chi connectivity index (χ1) is 15.4. The molecule has 0 radical (unpaired) electrons. The summed E-state index contributed by atoms with van der Waals surface area (Å²) in [6, 6.07) is 6.96. The molecule has 0 unspecified atom stereocenters. The molecule has 174 valence electrons. The predicted octanol–water partition coefficient (Wildman–Crippen LogP) is 4.99. The minimum Gasteiger partial charge on any atom is -0.329 e. The van der Waals surface area contributed by atoms with Gasteiger partial charge in [-0.3, -0.25) is 9.98 Å². The van der Waals surface area contributed by atoms with Crippen molar-refractivity contribution in [1.29, 1.82) is 0 Å². The van der Waals surface area contributed by atoms with Crippen LogP contribution in [0.2, 0.25) is 0 Å². The van der Waals surface area contributed by atoms with Crippen LogP contribution in [-0.4, -0.2) is 41.6 Å². The van der Waals surface area contributed by atoms with Crippen LogP contribution >= 0.6 is 0 Å². The van der Waals surface area contributed by atoms with Gasteiger partial charge < -0.3 is 4.57 Å². The summed E-state index contributed by atoms with van der Waals surface area (Å²) in [5.74, 6) is -0.686. The third kappa shape index (κ3) is 4.87. The van der Waals surface area contributed by atoms with Crippen LogP contribution in [0.3, 0.4) is 0 Å². The van der Waals surface area contributed by atoms with Gasteiger partial charge in [-0.25, -0.2) is 17.8 Å². The molecular weight excluding hydrogens is 460 g/mol. The standard InChI is InChI=1S/C22H20F4N4O2S/c1-5-33(31,32)18-10-15(14-7-6-8-16(23)9-14)12-28-20(18)21-29-17(13(2)30(21)4)11-19(27-3)22(24,25)26/h6-12H,3,5H2,1-2,4H3/b19-11-. The Morgan fingerprint density at radius 3 is 2.52 bits per heavy atom. The molecule has 2 aromatic heterocycles. The molecule has 11 heteroatoms. The Labute approximate surface area is 188 Å². The van der Waals surface area contributed by atoms with Crippen molar-refractivity contribution in [3.8, 4) is 22.6 Å². The fraction of sp³-hybridized carbons (Fsp3) is 0.227. The van der Waals surface area contributed by atoms with Crippen molar-refractivity contribution in [1.82, 2.24) is 14.5 Å². The fourth-order valence-corrected chi connectivity index (χ4v) is 4.18. The highest BCUT2D eigenvalue weighted by Gasteiger charge is 2.34. The summed E-state index contributed by atoms with van der Waals surface area (Å²) in [5, 5.41) is 0. The largest absolute Gasteiger partial charge is 0.433 e. The van der Waals surface area contributed by atoms with Crippen LogP contribution in [-0.2, 0) is 16.9 Å². The van der Waals surface area contributed by atoms with Gasteiger partial charge in [-0.15, -0.1) is 0 Å². The second-order valence-corrected chi connectivity index (χ2v) is 9.38. The third-order valence-electron chi connectivity index (χ3n) is 5.09. The number of nitrogens with zero attached hydrogens (tertiary/aromatic N) is 4. The highest BCUT2D eigenvalue weighted by Crippen LogP contribution is 2.33. The molecule has 6 nitrogen and oxygen atoms in total. The lowest BCUT2D eigenvalue weighted by Gasteiger charge is -2.11. The zero-order valence-corrected chi connectivity index (χ0v) is 18.8. The number of rotatable bonds is 6. The fourth-order valence-electron chi connectivity index (χ4n) is 3.13. The van der Waals surface area contributed by atoms with Gasteiger partial charge in [0.25, 0.3) is 0 Å². The molecule has 1 aromatic carbocycles. The molecule has 3 rings (SSSR count). The van der Waals surface area contributed by atoms with Gasteiger partial charge in [0.1, 0.15) is 17.2 Å². The van der Waals surface area contributed by atoms with Gasteiger partial charge in [-0.1, -0.05) is 19.1 Å². The number of aromatic nitrogens is 3. The van der Waals surface area contributed by atoms with E-state index in [0.717, 1.165) is 6.08 Å². The SMILES string of the molecule is C=N/C(=C\c1nc(-c2ncc(-c3cccc(F)c3)cc2S(=O)(=O)CC)n(C)c1C)C(F)(F)F. The maximum absolute atomic E-state index is 13.7. The van der Waals surface area contributed by atoms with Crippen molar-refractivity contribution in [2.45, 2.75) is 24.9 Å². The van der Waals surface area contributed by atoms with E-state index in [1.54, 1.807) is 6.07 Å². The molecule has 0 fully saturated rings. The minimum atomic E-state index is -4.73. The molecule has 0 spiro atoms. The highest BCUT2D eigenvalue weighted by atomic mass is 32.2. The van der Waals surface area contributed by atoms with E-state index in [2.05, 4.69) is 21.7 Å². The number of alkyl halides is 3. The number of benzene rings is 1. The molecule has 3 aromatic rings. The quantitative estimate of drug-likeness (QED) is 0.368. The number of pyridine rings is 1. The van der Waals surface area contributed by atoms with Crippen LogP contribution in [0.25, 0.3) is 28.7 Å². The lowest BCUT2D eigenvalue weighted by Crippen LogP contribution is -2.09. The van der Waals surface area contributed by atoms with Crippen LogP contribution in [0, 0.1) is 12.7 Å². The second-order valence-electron chi connectivity index (χ2n) is 7.14. The summed E-state index contributed by atoms with van der Waals surface area (Å²) in [6.07, 6.45) is -2.63. The van der Waals surface area contributed by atoms with Crippen molar-refractivity contribution < 1.29 is 26.0 Å². The first-order valence-electron chi connectivity index (χ1n) is 9.67. The molecule has 2 heterocycles. The van der Waals surface area contributed by atoms with E-state index in [4.69, 9.17) is 0 Å². The lowest BCUT2D eigenvalue weighted by atomic mass is 10.1. The zero-order valence-electron chi connectivity index (χ0n) is 18.0. The van der Waals surface area contributed by atoms with Crippen molar-refractivity contribution in [3.63, 3.8) is 0 Å². The normalized spacial score (nSPS) is 12.8. The third-order valence-corrected chi connectivity index (χ3v) is 6.83. The Hall–Kier alpha value is -3.34. The van der Waals surface area contributed by atoms with Crippen molar-refractivity contribution in [2.75, 3.05) is 5.75 Å². The van der Waals surface area contributed by atoms with E-state index >= 15 is 0 Å². The van der Waals surface area contributed by atoms with Crippen molar-refractivity contribution in [2.24, 2.45) is 12.0 Å². The molecule has 0 atom stereocenters. The average Bonchev–Trinajstić information content (AvgIpc) is 3.04. The Morgan fingerprint density at radius 1 is 1.24 bits per heavy atom. The van der Waals surface area contributed by atoms with E-state index in [1.807, 2.05) is 0 Å². The monoisotopic (exact) mass is 480 g/mol. The Kier molecular flexibility index (Phi) is 6.55. The number of hydrogen-bond acceptors (Lipinski definition) is 5. The van der Waals surface area contributed by atoms with Gasteiger partial charge in [0.15, 0.2) is 15.7 Å². The smallest absolute Gasteiger partial charge is 0.329 e. The average molecular weight is 480 g/mol. The van der Waals surface area contributed by atoms with Crippen LogP contribution in [0.1, 0.15) is 18.3 Å². The van der Waals surface area contributed by atoms with Gasteiger partial charge in [0, 0.05) is 24.5 Å². The molecule has 0 bridgehead atoms. The molecule has 0 N–H and O–H groups in total. The number of imidazole rings is 1. The van der Waals surface area contributed by atoms with Gasteiger partial charge >= 0.3 is 6.18 Å². The first-order valence-corrected chi connectivity index (χ1v) is 11.3. The van der Waals surface area contributed by atoms with Crippen molar-refractivity contribution in [3.05, 3.63) is 59.4 Å². The molecule has 0 amide bonds. The van der Waals surface area contributed by atoms with E-state index in [9.17, 15) is 26.0 Å². The van der Waals surface area contributed by atoms with Gasteiger partial charge in [-0.2, -0.15) is 13.2 Å². The van der Waals surface area contributed by atoms with Crippen LogP contribution in [0.15, 0.2) is 52.1 Å². The van der Waals surface area contributed by atoms with Crippen LogP contribution < -0.4 is 0 Å². The summed E-state index contributed by atoms with van der Waals surface area (Å²) in [6.45, 7) is 5.94. The van der Waals surface area contributed by atoms with Crippen LogP contribution in [0.4, 0.5) is 17.6 Å². The number of allylic oxidation sites excluding steroid dienone is 1. The second kappa shape index (κ2) is 8.89. The Bertz CT molecular complexity index is 1360. The number of aliphatic imine (C=N–C) groups is 1.